The van der Waals surface area contributed by atoms with Crippen LogP contribution in [0.25, 0.3) is 0 Å². The molecule has 8 nitrogen and oxygen atoms in total. The van der Waals surface area contributed by atoms with E-state index < -0.39 is 26.6 Å². The molecular formula is C30H59N2O6P. The topological polar surface area (TPSA) is 108 Å². The Hall–Kier alpha value is -1.02. The summed E-state index contributed by atoms with van der Waals surface area (Å²) in [6, 6.07) is -0.899. The number of phosphoric ester groups is 1. The van der Waals surface area contributed by atoms with Crippen molar-refractivity contribution in [2.75, 3.05) is 40.9 Å². The highest BCUT2D eigenvalue weighted by Gasteiger charge is 2.22. The van der Waals surface area contributed by atoms with Gasteiger partial charge in [-0.1, -0.05) is 102 Å². The molecule has 0 spiro atoms. The Bertz CT molecular complexity index is 708. The number of likely N-dealkylation sites (N-methyl/N-ethyl adjacent to an activating group) is 1. The second-order valence-electron chi connectivity index (χ2n) is 11.5. The van der Waals surface area contributed by atoms with Crippen molar-refractivity contribution in [1.29, 1.82) is 0 Å². The van der Waals surface area contributed by atoms with E-state index in [9.17, 15) is 19.4 Å². The third-order valence-electron chi connectivity index (χ3n) is 6.45. The van der Waals surface area contributed by atoms with Crippen molar-refractivity contribution in [3.63, 3.8) is 0 Å². The first-order valence-electron chi connectivity index (χ1n) is 15.1. The number of nitrogens with one attached hydrogen (secondary N) is 1. The molecule has 0 aromatic carbocycles. The molecule has 3 atom stereocenters. The Morgan fingerprint density at radius 3 is 1.92 bits per heavy atom. The van der Waals surface area contributed by atoms with Crippen molar-refractivity contribution in [2.45, 2.75) is 122 Å². The van der Waals surface area contributed by atoms with Gasteiger partial charge in [0.05, 0.1) is 39.9 Å². The van der Waals surface area contributed by atoms with Crippen LogP contribution in [0.1, 0.15) is 110 Å². The molecule has 1 amide bonds. The lowest BCUT2D eigenvalue weighted by atomic mass is 10.0. The molecule has 0 aliphatic carbocycles. The Morgan fingerprint density at radius 2 is 1.38 bits per heavy atom. The Labute approximate surface area is 239 Å². The summed E-state index contributed by atoms with van der Waals surface area (Å²) in [6.07, 6.45) is 25.7. The number of allylic oxidation sites excluding steroid dienone is 3. The van der Waals surface area contributed by atoms with Crippen LogP contribution in [-0.2, 0) is 18.4 Å². The number of aliphatic hydroxyl groups excluding tert-OH is 1. The van der Waals surface area contributed by atoms with Gasteiger partial charge in [0.15, 0.2) is 0 Å². The highest BCUT2D eigenvalue weighted by molar-refractivity contribution is 7.45. The summed E-state index contributed by atoms with van der Waals surface area (Å²) in [5.41, 5.74) is 0. The predicted molar refractivity (Wildman–Crippen MR) is 159 cm³/mol. The van der Waals surface area contributed by atoms with E-state index in [4.69, 9.17) is 9.05 Å². The van der Waals surface area contributed by atoms with E-state index in [1.807, 2.05) is 27.2 Å². The van der Waals surface area contributed by atoms with Crippen LogP contribution in [0.4, 0.5) is 0 Å². The number of hydrogen-bond donors (Lipinski definition) is 2. The van der Waals surface area contributed by atoms with Crippen LogP contribution in [0.3, 0.4) is 0 Å². The minimum Gasteiger partial charge on any atom is -0.756 e. The molecule has 0 fully saturated rings. The average Bonchev–Trinajstić information content (AvgIpc) is 2.84. The van der Waals surface area contributed by atoms with Crippen molar-refractivity contribution < 1.29 is 32.9 Å². The first kappa shape index (κ1) is 38.0. The molecule has 3 unspecified atom stereocenters. The van der Waals surface area contributed by atoms with Gasteiger partial charge in [-0.2, -0.15) is 0 Å². The van der Waals surface area contributed by atoms with Gasteiger partial charge in [0.1, 0.15) is 13.2 Å². The maximum atomic E-state index is 12.0. The van der Waals surface area contributed by atoms with Gasteiger partial charge in [-0.3, -0.25) is 9.36 Å². The van der Waals surface area contributed by atoms with Gasteiger partial charge in [0.2, 0.25) is 5.91 Å². The highest BCUT2D eigenvalue weighted by atomic mass is 31.2. The Kier molecular flexibility index (Phi) is 23.0. The summed E-state index contributed by atoms with van der Waals surface area (Å²) >= 11 is 0. The molecule has 0 saturated carbocycles. The standard InChI is InChI=1S/C30H59N2O6P/c1-6-7-8-9-10-11-12-13-14-15-16-17-18-19-20-21-22-23-24-30(34)29(31-28(2)33)27-38-39(35,36)37-26-25-32(3,4)5/h19-20,23-24,29-30,34H,6-18,21-22,25-27H2,1-5H3,(H-,31,33,35,36)/b20-19+,24-23+. The van der Waals surface area contributed by atoms with E-state index in [0.29, 0.717) is 11.0 Å². The zero-order chi connectivity index (χ0) is 29.4. The quantitative estimate of drug-likeness (QED) is 0.0564. The molecule has 0 radical (unpaired) electrons. The first-order chi connectivity index (χ1) is 18.5. The number of nitrogens with zero attached hydrogens (tertiary/aromatic N) is 1. The third kappa shape index (κ3) is 26.9. The monoisotopic (exact) mass is 574 g/mol. The maximum Gasteiger partial charge on any atom is 0.268 e. The number of rotatable bonds is 26. The summed E-state index contributed by atoms with van der Waals surface area (Å²) in [5.74, 6) is -0.386. The van der Waals surface area contributed by atoms with E-state index in [1.54, 1.807) is 6.08 Å². The van der Waals surface area contributed by atoms with E-state index in [0.717, 1.165) is 19.3 Å². The lowest BCUT2D eigenvalue weighted by molar-refractivity contribution is -0.870. The average molecular weight is 575 g/mol. The van der Waals surface area contributed by atoms with Gasteiger partial charge in [0.25, 0.3) is 7.82 Å². The first-order valence-corrected chi connectivity index (χ1v) is 16.6. The number of unbranched alkanes of at least 4 members (excludes halogenated alkanes) is 13. The summed E-state index contributed by atoms with van der Waals surface area (Å²) in [4.78, 5) is 23.5. The summed E-state index contributed by atoms with van der Waals surface area (Å²) in [7, 11) is 1.23. The van der Waals surface area contributed by atoms with Crippen LogP contribution in [0.2, 0.25) is 0 Å². The molecule has 0 bridgehead atoms. The molecule has 0 rings (SSSR count). The van der Waals surface area contributed by atoms with Crippen LogP contribution in [0, 0.1) is 0 Å². The van der Waals surface area contributed by atoms with E-state index in [2.05, 4.69) is 24.4 Å². The fourth-order valence-electron chi connectivity index (χ4n) is 4.02. The number of aliphatic hydroxyl groups is 1. The molecule has 9 heteroatoms. The zero-order valence-corrected chi connectivity index (χ0v) is 26.5. The zero-order valence-electron chi connectivity index (χ0n) is 25.6. The van der Waals surface area contributed by atoms with E-state index >= 15 is 0 Å². The van der Waals surface area contributed by atoms with Crippen LogP contribution in [-0.4, -0.2) is 68.5 Å². The van der Waals surface area contributed by atoms with E-state index in [1.165, 1.54) is 84.0 Å². The van der Waals surface area contributed by atoms with Gasteiger partial charge >= 0.3 is 0 Å². The fourth-order valence-corrected chi connectivity index (χ4v) is 4.75. The lowest BCUT2D eigenvalue weighted by Crippen LogP contribution is -2.45. The number of amides is 1. The number of carbonyl (C=O) groups is 1. The molecule has 0 aromatic heterocycles. The van der Waals surface area contributed by atoms with Crippen LogP contribution in [0.15, 0.2) is 24.3 Å². The molecule has 230 valence electrons. The SMILES string of the molecule is CCCCCCCCCCCCCC/C=C/CC/C=C/C(O)C(COP(=O)([O-])OCC[N+](C)(C)C)NC(C)=O. The van der Waals surface area contributed by atoms with Crippen LogP contribution < -0.4 is 10.2 Å². The maximum absolute atomic E-state index is 12.0. The molecule has 0 heterocycles. The fraction of sp³-hybridized carbons (Fsp3) is 0.833. The Morgan fingerprint density at radius 1 is 0.872 bits per heavy atom. The minimum absolute atomic E-state index is 0.00956. The normalized spacial score (nSPS) is 15.6. The van der Waals surface area contributed by atoms with Gasteiger partial charge in [0, 0.05) is 6.92 Å². The summed E-state index contributed by atoms with van der Waals surface area (Å²) in [5, 5.41) is 13.0. The minimum atomic E-state index is -4.54. The van der Waals surface area contributed by atoms with Gasteiger partial charge in [-0.15, -0.1) is 0 Å². The predicted octanol–water partition coefficient (Wildman–Crippen LogP) is 6.04. The second kappa shape index (κ2) is 23.7. The van der Waals surface area contributed by atoms with Gasteiger partial charge in [-0.25, -0.2) is 0 Å². The largest absolute Gasteiger partial charge is 0.756 e. The molecule has 0 aliphatic heterocycles. The second-order valence-corrected chi connectivity index (χ2v) is 13.0. The van der Waals surface area contributed by atoms with Crippen molar-refractivity contribution >= 4 is 13.7 Å². The van der Waals surface area contributed by atoms with Crippen LogP contribution in [0.5, 0.6) is 0 Å². The summed E-state index contributed by atoms with van der Waals surface area (Å²) < 4.78 is 22.4. The van der Waals surface area contributed by atoms with Crippen molar-refractivity contribution in [3.8, 4) is 0 Å². The highest BCUT2D eigenvalue weighted by Crippen LogP contribution is 2.38. The smallest absolute Gasteiger partial charge is 0.268 e. The molecule has 0 saturated heterocycles. The molecule has 0 aromatic rings. The molecule has 2 N–H and O–H groups in total. The number of carbonyl (C=O) groups excluding carboxylic acids is 1. The van der Waals surface area contributed by atoms with Gasteiger partial charge in [-0.05, 0) is 25.7 Å². The summed E-state index contributed by atoms with van der Waals surface area (Å²) in [6.45, 7) is 3.64. The molecule has 0 aliphatic rings. The van der Waals surface area contributed by atoms with Gasteiger partial charge < -0.3 is 28.8 Å². The van der Waals surface area contributed by atoms with Crippen LogP contribution >= 0.6 is 7.82 Å². The third-order valence-corrected chi connectivity index (χ3v) is 7.41. The van der Waals surface area contributed by atoms with Crippen molar-refractivity contribution in [1.82, 2.24) is 5.32 Å². The lowest BCUT2D eigenvalue weighted by Gasteiger charge is -2.29. The number of hydrogen-bond acceptors (Lipinski definition) is 6. The van der Waals surface area contributed by atoms with Crippen molar-refractivity contribution in [3.05, 3.63) is 24.3 Å². The molecule has 39 heavy (non-hydrogen) atoms. The molecular weight excluding hydrogens is 515 g/mol. The number of quaternary nitrogens is 1. The number of phosphoric acid groups is 1. The van der Waals surface area contributed by atoms with Crippen molar-refractivity contribution in [2.24, 2.45) is 0 Å². The van der Waals surface area contributed by atoms with E-state index in [-0.39, 0.29) is 12.5 Å². The Balaban J connectivity index is 4.04.